The second-order valence-corrected chi connectivity index (χ2v) is 5.85. The van der Waals surface area contributed by atoms with Gasteiger partial charge in [-0.15, -0.1) is 0 Å². The van der Waals surface area contributed by atoms with Crippen molar-refractivity contribution >= 4 is 17.5 Å². The van der Waals surface area contributed by atoms with Crippen molar-refractivity contribution in [3.63, 3.8) is 0 Å². The molecule has 22 heavy (non-hydrogen) atoms. The minimum Gasteiger partial charge on any atom is -0.491 e. The van der Waals surface area contributed by atoms with E-state index in [1.165, 1.54) is 6.07 Å². The van der Waals surface area contributed by atoms with Crippen LogP contribution in [0.3, 0.4) is 0 Å². The van der Waals surface area contributed by atoms with Crippen molar-refractivity contribution in [1.82, 2.24) is 4.90 Å². The zero-order chi connectivity index (χ0) is 15.7. The van der Waals surface area contributed by atoms with Crippen LogP contribution in [-0.2, 0) is 20.8 Å². The highest BCUT2D eigenvalue weighted by atomic mass is 35.5. The molecule has 1 saturated carbocycles. The number of nitrogens with zero attached hydrogens (tertiary/aromatic N) is 1. The fourth-order valence-electron chi connectivity index (χ4n) is 2.46. The zero-order valence-electron chi connectivity index (χ0n) is 12.3. The summed E-state index contributed by atoms with van der Waals surface area (Å²) >= 11 is 6.07. The van der Waals surface area contributed by atoms with E-state index in [-0.39, 0.29) is 24.3 Å². The van der Waals surface area contributed by atoms with E-state index in [4.69, 9.17) is 21.1 Å². The molecule has 0 aromatic heterocycles. The molecule has 0 unspecified atom stereocenters. The molecule has 0 N–H and O–H groups in total. The molecule has 2 aliphatic rings. The SMILES string of the molecule is CC1=C(C(=O)N(Cc2c(F)cccc2Cl)C2CC2)OCCO1. The zero-order valence-corrected chi connectivity index (χ0v) is 13.0. The first-order chi connectivity index (χ1) is 10.6. The first-order valence-electron chi connectivity index (χ1n) is 7.28. The topological polar surface area (TPSA) is 38.8 Å². The van der Waals surface area contributed by atoms with Gasteiger partial charge < -0.3 is 14.4 Å². The molecule has 0 saturated heterocycles. The average molecular weight is 326 g/mol. The highest BCUT2D eigenvalue weighted by Crippen LogP contribution is 2.32. The van der Waals surface area contributed by atoms with Crippen LogP contribution >= 0.6 is 11.6 Å². The maximum atomic E-state index is 14.0. The molecular formula is C16H17ClFNO3. The highest BCUT2D eigenvalue weighted by Gasteiger charge is 2.37. The monoisotopic (exact) mass is 325 g/mol. The molecule has 0 atom stereocenters. The van der Waals surface area contributed by atoms with Gasteiger partial charge in [-0.05, 0) is 31.9 Å². The Morgan fingerprint density at radius 1 is 1.36 bits per heavy atom. The largest absolute Gasteiger partial charge is 0.491 e. The number of ether oxygens (including phenoxy) is 2. The minimum atomic E-state index is -0.405. The molecule has 6 heteroatoms. The van der Waals surface area contributed by atoms with Gasteiger partial charge in [0.1, 0.15) is 24.8 Å². The molecule has 0 bridgehead atoms. The van der Waals surface area contributed by atoms with Crippen LogP contribution in [0.15, 0.2) is 29.7 Å². The Labute approximate surface area is 133 Å². The van der Waals surface area contributed by atoms with E-state index in [2.05, 4.69) is 0 Å². The molecule has 4 nitrogen and oxygen atoms in total. The minimum absolute atomic E-state index is 0.106. The summed E-state index contributed by atoms with van der Waals surface area (Å²) in [6, 6.07) is 4.63. The third-order valence-corrected chi connectivity index (χ3v) is 4.16. The molecule has 1 fully saturated rings. The Morgan fingerprint density at radius 3 is 2.73 bits per heavy atom. The molecule has 1 amide bonds. The van der Waals surface area contributed by atoms with Crippen molar-refractivity contribution in [3.05, 3.63) is 46.1 Å². The predicted octanol–water partition coefficient (Wildman–Crippen LogP) is 3.25. The van der Waals surface area contributed by atoms with Crippen LogP contribution in [0.4, 0.5) is 4.39 Å². The lowest BCUT2D eigenvalue weighted by Crippen LogP contribution is -2.36. The van der Waals surface area contributed by atoms with Crippen LogP contribution in [-0.4, -0.2) is 30.1 Å². The number of hydrogen-bond donors (Lipinski definition) is 0. The maximum Gasteiger partial charge on any atom is 0.293 e. The first-order valence-corrected chi connectivity index (χ1v) is 7.66. The number of allylic oxidation sites excluding steroid dienone is 1. The fourth-order valence-corrected chi connectivity index (χ4v) is 2.68. The average Bonchev–Trinajstić information content (AvgIpc) is 3.31. The Bertz CT molecular complexity index is 608. The number of halogens is 2. The van der Waals surface area contributed by atoms with Gasteiger partial charge in [0.2, 0.25) is 5.76 Å². The molecule has 0 spiro atoms. The molecule has 1 aromatic carbocycles. The highest BCUT2D eigenvalue weighted by molar-refractivity contribution is 6.31. The van der Waals surface area contributed by atoms with Crippen molar-refractivity contribution in [2.75, 3.05) is 13.2 Å². The number of carbonyl (C=O) groups excluding carboxylic acids is 1. The number of benzene rings is 1. The van der Waals surface area contributed by atoms with E-state index in [0.29, 0.717) is 29.6 Å². The van der Waals surface area contributed by atoms with Gasteiger partial charge in [-0.1, -0.05) is 17.7 Å². The molecule has 3 rings (SSSR count). The van der Waals surface area contributed by atoms with Gasteiger partial charge in [0, 0.05) is 16.6 Å². The third kappa shape index (κ3) is 3.04. The fraction of sp³-hybridized carbons (Fsp3) is 0.438. The Balaban J connectivity index is 1.86. The van der Waals surface area contributed by atoms with Crippen molar-refractivity contribution < 1.29 is 18.7 Å². The van der Waals surface area contributed by atoms with Crippen molar-refractivity contribution in [1.29, 1.82) is 0 Å². The van der Waals surface area contributed by atoms with Crippen molar-refractivity contribution in [2.45, 2.75) is 32.4 Å². The summed E-state index contributed by atoms with van der Waals surface area (Å²) in [6.45, 7) is 2.62. The van der Waals surface area contributed by atoms with E-state index in [1.807, 2.05) is 0 Å². The van der Waals surface area contributed by atoms with Crippen LogP contribution in [0, 0.1) is 5.82 Å². The van der Waals surface area contributed by atoms with Crippen molar-refractivity contribution in [3.8, 4) is 0 Å². The smallest absolute Gasteiger partial charge is 0.293 e. The predicted molar refractivity (Wildman–Crippen MR) is 79.6 cm³/mol. The van der Waals surface area contributed by atoms with Crippen molar-refractivity contribution in [2.24, 2.45) is 0 Å². The summed E-state index contributed by atoms with van der Waals surface area (Å²) in [5.74, 6) is 0.0172. The Hall–Kier alpha value is -1.75. The second-order valence-electron chi connectivity index (χ2n) is 5.45. The third-order valence-electron chi connectivity index (χ3n) is 3.80. The van der Waals surface area contributed by atoms with Crippen LogP contribution in [0.2, 0.25) is 5.02 Å². The van der Waals surface area contributed by atoms with Gasteiger partial charge in [0.25, 0.3) is 5.91 Å². The quantitative estimate of drug-likeness (QED) is 0.853. The maximum absolute atomic E-state index is 14.0. The lowest BCUT2D eigenvalue weighted by Gasteiger charge is -2.27. The van der Waals surface area contributed by atoms with Crippen LogP contribution in [0.5, 0.6) is 0 Å². The normalized spacial score (nSPS) is 17.8. The summed E-state index contributed by atoms with van der Waals surface area (Å²) in [7, 11) is 0. The second kappa shape index (κ2) is 6.16. The summed E-state index contributed by atoms with van der Waals surface area (Å²) in [4.78, 5) is 14.3. The number of hydrogen-bond acceptors (Lipinski definition) is 3. The van der Waals surface area contributed by atoms with Gasteiger partial charge in [-0.3, -0.25) is 4.79 Å². The number of amides is 1. The summed E-state index contributed by atoms with van der Waals surface area (Å²) in [5, 5.41) is 0.324. The van der Waals surface area contributed by atoms with Gasteiger partial charge in [0.15, 0.2) is 0 Å². The van der Waals surface area contributed by atoms with E-state index in [0.717, 1.165) is 12.8 Å². The van der Waals surface area contributed by atoms with Crippen LogP contribution in [0.25, 0.3) is 0 Å². The van der Waals surface area contributed by atoms with Crippen LogP contribution in [0.1, 0.15) is 25.3 Å². The Kier molecular flexibility index (Phi) is 4.25. The summed E-state index contributed by atoms with van der Waals surface area (Å²) < 4.78 is 24.8. The molecule has 0 radical (unpaired) electrons. The van der Waals surface area contributed by atoms with Gasteiger partial charge in [0.05, 0.1) is 6.54 Å². The number of carbonyl (C=O) groups is 1. The molecule has 1 aliphatic carbocycles. The van der Waals surface area contributed by atoms with Gasteiger partial charge in [-0.2, -0.15) is 0 Å². The summed E-state index contributed by atoms with van der Waals surface area (Å²) in [6.07, 6.45) is 1.82. The lowest BCUT2D eigenvalue weighted by atomic mass is 10.2. The molecule has 118 valence electrons. The van der Waals surface area contributed by atoms with Crippen LogP contribution < -0.4 is 0 Å². The van der Waals surface area contributed by atoms with E-state index in [1.54, 1.807) is 24.0 Å². The van der Waals surface area contributed by atoms with Gasteiger partial charge in [-0.25, -0.2) is 4.39 Å². The van der Waals surface area contributed by atoms with E-state index in [9.17, 15) is 9.18 Å². The molecule has 1 aromatic rings. The van der Waals surface area contributed by atoms with E-state index < -0.39 is 5.82 Å². The first kappa shape index (κ1) is 15.2. The molecule has 1 heterocycles. The standard InChI is InChI=1S/C16H17ClFNO3/c1-10-15(22-8-7-21-10)16(20)19(11-5-6-11)9-12-13(17)3-2-4-14(12)18/h2-4,11H,5-9H2,1H3. The molecule has 1 aliphatic heterocycles. The summed E-state index contributed by atoms with van der Waals surface area (Å²) in [5.41, 5.74) is 0.333. The lowest BCUT2D eigenvalue weighted by molar-refractivity contribution is -0.134. The molecular weight excluding hydrogens is 309 g/mol. The Morgan fingerprint density at radius 2 is 2.09 bits per heavy atom. The van der Waals surface area contributed by atoms with Gasteiger partial charge >= 0.3 is 0 Å². The van der Waals surface area contributed by atoms with E-state index >= 15 is 0 Å². The number of rotatable bonds is 4.